The van der Waals surface area contributed by atoms with E-state index in [2.05, 4.69) is 0 Å². The van der Waals surface area contributed by atoms with E-state index in [-0.39, 0.29) is 23.0 Å². The molecule has 1 saturated heterocycles. The zero-order valence-corrected chi connectivity index (χ0v) is 17.8. The highest BCUT2D eigenvalue weighted by molar-refractivity contribution is 7.89. The second kappa shape index (κ2) is 8.52. The van der Waals surface area contributed by atoms with Gasteiger partial charge in [0.1, 0.15) is 5.75 Å². The van der Waals surface area contributed by atoms with Gasteiger partial charge in [-0.2, -0.15) is 4.31 Å². The fourth-order valence-corrected chi connectivity index (χ4v) is 5.05. The Hall–Kier alpha value is -2.42. The Bertz CT molecular complexity index is 965. The third-order valence-electron chi connectivity index (χ3n) is 4.88. The smallest absolute Gasteiger partial charge is 0.258 e. The summed E-state index contributed by atoms with van der Waals surface area (Å²) in [6.07, 6.45) is -0.326. The fourth-order valence-electron chi connectivity index (χ4n) is 3.46. The summed E-state index contributed by atoms with van der Waals surface area (Å²) in [6.45, 7) is 4.33. The van der Waals surface area contributed by atoms with E-state index >= 15 is 0 Å². The van der Waals surface area contributed by atoms with Gasteiger partial charge in [0.05, 0.1) is 29.9 Å². The molecule has 1 fully saturated rings. The first-order valence-corrected chi connectivity index (χ1v) is 10.8. The summed E-state index contributed by atoms with van der Waals surface area (Å²) in [5.41, 5.74) is 1.02. The minimum Gasteiger partial charge on any atom is -0.495 e. The van der Waals surface area contributed by atoms with Gasteiger partial charge in [-0.1, -0.05) is 12.1 Å². The van der Waals surface area contributed by atoms with Gasteiger partial charge in [0.15, 0.2) is 0 Å². The van der Waals surface area contributed by atoms with Crippen molar-refractivity contribution in [1.29, 1.82) is 0 Å². The summed E-state index contributed by atoms with van der Waals surface area (Å²) in [4.78, 5) is 14.5. The molecule has 0 aliphatic carbocycles. The molecule has 1 amide bonds. The van der Waals surface area contributed by atoms with Gasteiger partial charge in [-0.15, -0.1) is 0 Å². The maximum atomic E-state index is 13.0. The lowest BCUT2D eigenvalue weighted by molar-refractivity contribution is -0.0440. The quantitative estimate of drug-likeness (QED) is 0.746. The van der Waals surface area contributed by atoms with E-state index in [1.807, 2.05) is 26.0 Å². The van der Waals surface area contributed by atoms with Gasteiger partial charge in [0.25, 0.3) is 5.91 Å². The number of nitrogens with zero attached hydrogens (tertiary/aromatic N) is 2. The third kappa shape index (κ3) is 4.44. The van der Waals surface area contributed by atoms with Gasteiger partial charge in [-0.25, -0.2) is 8.42 Å². The molecule has 1 heterocycles. The van der Waals surface area contributed by atoms with E-state index in [1.54, 1.807) is 26.3 Å². The largest absolute Gasteiger partial charge is 0.495 e. The van der Waals surface area contributed by atoms with Gasteiger partial charge in [0.2, 0.25) is 10.0 Å². The number of sulfonamides is 1. The van der Waals surface area contributed by atoms with E-state index in [1.165, 1.54) is 33.5 Å². The highest BCUT2D eigenvalue weighted by atomic mass is 32.2. The molecule has 1 aliphatic rings. The number of benzene rings is 2. The van der Waals surface area contributed by atoms with Gasteiger partial charge in [-0.3, -0.25) is 4.79 Å². The number of morpholine rings is 1. The Morgan fingerprint density at radius 3 is 2.24 bits per heavy atom. The zero-order chi connectivity index (χ0) is 21.2. The summed E-state index contributed by atoms with van der Waals surface area (Å²) >= 11 is 0. The number of ether oxygens (including phenoxy) is 2. The van der Waals surface area contributed by atoms with Crippen molar-refractivity contribution in [3.63, 3.8) is 0 Å². The number of carbonyl (C=O) groups excluding carboxylic acids is 1. The Morgan fingerprint density at radius 1 is 1.07 bits per heavy atom. The molecule has 2 unspecified atom stereocenters. The Balaban J connectivity index is 1.81. The average molecular weight is 419 g/mol. The zero-order valence-electron chi connectivity index (χ0n) is 17.0. The molecule has 0 radical (unpaired) electrons. The highest BCUT2D eigenvalue weighted by Gasteiger charge is 2.32. The molecule has 29 heavy (non-hydrogen) atoms. The first kappa shape index (κ1) is 21.3. The first-order valence-electron chi connectivity index (χ1n) is 9.40. The molecule has 0 aromatic heterocycles. The number of methoxy groups -OCH3 is 1. The number of carbonyl (C=O) groups is 1. The molecular weight excluding hydrogens is 392 g/mol. The average Bonchev–Trinajstić information content (AvgIpc) is 2.72. The van der Waals surface area contributed by atoms with E-state index in [0.717, 1.165) is 0 Å². The van der Waals surface area contributed by atoms with Crippen LogP contribution < -0.4 is 9.64 Å². The predicted octanol–water partition coefficient (Wildman–Crippen LogP) is 2.77. The Kier molecular flexibility index (Phi) is 6.26. The lowest BCUT2D eigenvalue weighted by Gasteiger charge is -2.34. The SMILES string of the molecule is COc1ccccc1N(C)C(=O)c1ccc(S(=O)(=O)N2CC(C)OC(C)C2)cc1. The fraction of sp³-hybridized carbons (Fsp3) is 0.381. The molecule has 8 heteroatoms. The van der Waals surface area contributed by atoms with Crippen LogP contribution in [0.4, 0.5) is 5.69 Å². The van der Waals surface area contributed by atoms with Crippen LogP contribution in [-0.2, 0) is 14.8 Å². The minimum absolute atomic E-state index is 0.162. The van der Waals surface area contributed by atoms with Crippen LogP contribution in [0, 0.1) is 0 Å². The topological polar surface area (TPSA) is 76.2 Å². The summed E-state index contributed by atoms with van der Waals surface area (Å²) in [5, 5.41) is 0. The maximum absolute atomic E-state index is 13.0. The summed E-state index contributed by atoms with van der Waals surface area (Å²) in [5.74, 6) is 0.324. The second-order valence-electron chi connectivity index (χ2n) is 7.14. The maximum Gasteiger partial charge on any atom is 0.258 e. The van der Waals surface area contributed by atoms with Crippen LogP contribution in [0.2, 0.25) is 0 Å². The van der Waals surface area contributed by atoms with Crippen molar-refractivity contribution in [1.82, 2.24) is 4.31 Å². The van der Waals surface area contributed by atoms with E-state index in [9.17, 15) is 13.2 Å². The van der Waals surface area contributed by atoms with Crippen LogP contribution in [0.5, 0.6) is 5.75 Å². The van der Waals surface area contributed by atoms with E-state index in [4.69, 9.17) is 9.47 Å². The molecule has 7 nitrogen and oxygen atoms in total. The molecule has 2 aromatic rings. The highest BCUT2D eigenvalue weighted by Crippen LogP contribution is 2.28. The van der Waals surface area contributed by atoms with Crippen molar-refractivity contribution in [2.24, 2.45) is 0 Å². The van der Waals surface area contributed by atoms with Crippen molar-refractivity contribution in [3.8, 4) is 5.75 Å². The summed E-state index contributed by atoms with van der Waals surface area (Å²) < 4.78 is 38.3. The van der Waals surface area contributed by atoms with E-state index in [0.29, 0.717) is 30.1 Å². The van der Waals surface area contributed by atoms with Crippen molar-refractivity contribution in [2.75, 3.05) is 32.1 Å². The van der Waals surface area contributed by atoms with E-state index < -0.39 is 10.0 Å². The number of hydrogen-bond donors (Lipinski definition) is 0. The number of rotatable bonds is 5. The molecule has 156 valence electrons. The minimum atomic E-state index is -3.64. The van der Waals surface area contributed by atoms with Crippen molar-refractivity contribution < 1.29 is 22.7 Å². The number of hydrogen-bond acceptors (Lipinski definition) is 5. The number of anilines is 1. The number of para-hydroxylation sites is 2. The summed E-state index contributed by atoms with van der Waals surface area (Å²) in [6, 6.07) is 13.2. The Labute approximate surface area is 171 Å². The third-order valence-corrected chi connectivity index (χ3v) is 6.72. The molecular formula is C21H26N2O5S. The van der Waals surface area contributed by atoms with Gasteiger partial charge in [0, 0.05) is 25.7 Å². The van der Waals surface area contributed by atoms with Crippen LogP contribution in [0.25, 0.3) is 0 Å². The normalized spacial score (nSPS) is 20.3. The molecule has 1 aliphatic heterocycles. The van der Waals surface area contributed by atoms with Crippen LogP contribution in [0.1, 0.15) is 24.2 Å². The Morgan fingerprint density at radius 2 is 1.66 bits per heavy atom. The lowest BCUT2D eigenvalue weighted by atomic mass is 10.2. The van der Waals surface area contributed by atoms with Crippen molar-refractivity contribution in [2.45, 2.75) is 31.0 Å². The van der Waals surface area contributed by atoms with Gasteiger partial charge < -0.3 is 14.4 Å². The molecule has 0 N–H and O–H groups in total. The molecule has 2 atom stereocenters. The summed E-state index contributed by atoms with van der Waals surface area (Å²) in [7, 11) is -0.445. The monoisotopic (exact) mass is 418 g/mol. The predicted molar refractivity (Wildman–Crippen MR) is 111 cm³/mol. The molecule has 2 aromatic carbocycles. The lowest BCUT2D eigenvalue weighted by Crippen LogP contribution is -2.48. The van der Waals surface area contributed by atoms with Crippen LogP contribution in [0.15, 0.2) is 53.4 Å². The van der Waals surface area contributed by atoms with Crippen LogP contribution in [0.3, 0.4) is 0 Å². The molecule has 0 saturated carbocycles. The van der Waals surface area contributed by atoms with Crippen molar-refractivity contribution in [3.05, 3.63) is 54.1 Å². The van der Waals surface area contributed by atoms with Crippen LogP contribution in [-0.4, -0.2) is 58.1 Å². The van der Waals surface area contributed by atoms with Crippen LogP contribution >= 0.6 is 0 Å². The van der Waals surface area contributed by atoms with Gasteiger partial charge in [-0.05, 0) is 50.2 Å². The second-order valence-corrected chi connectivity index (χ2v) is 9.08. The molecule has 0 bridgehead atoms. The number of amides is 1. The van der Waals surface area contributed by atoms with Gasteiger partial charge >= 0.3 is 0 Å². The molecule has 0 spiro atoms. The first-order chi connectivity index (χ1) is 13.7. The molecule has 3 rings (SSSR count). The standard InChI is InChI=1S/C21H26N2O5S/c1-15-13-23(14-16(2)28-15)29(25,26)18-11-9-17(10-12-18)21(24)22(3)19-7-5-6-8-20(19)27-4/h5-12,15-16H,13-14H2,1-4H3. The van der Waals surface area contributed by atoms with Crippen molar-refractivity contribution >= 4 is 21.6 Å².